The van der Waals surface area contributed by atoms with Crippen LogP contribution in [0.2, 0.25) is 5.02 Å². The van der Waals surface area contributed by atoms with E-state index in [2.05, 4.69) is 20.4 Å². The van der Waals surface area contributed by atoms with Gasteiger partial charge in [0.25, 0.3) is 0 Å². The van der Waals surface area contributed by atoms with Crippen LogP contribution in [0.25, 0.3) is 17.0 Å². The molecular weight excluding hydrogens is 362 g/mol. The predicted molar refractivity (Wildman–Crippen MR) is 104 cm³/mol. The van der Waals surface area contributed by atoms with Crippen molar-refractivity contribution >= 4 is 34.4 Å². The summed E-state index contributed by atoms with van der Waals surface area (Å²) < 4.78 is 1.68. The largest absolute Gasteiger partial charge is 0.322 e. The van der Waals surface area contributed by atoms with E-state index in [0.717, 1.165) is 27.9 Å². The maximum absolute atomic E-state index is 12.4. The van der Waals surface area contributed by atoms with Crippen molar-refractivity contribution in [1.82, 2.24) is 19.7 Å². The molecule has 0 spiro atoms. The zero-order valence-corrected chi connectivity index (χ0v) is 15.3. The molecule has 0 radical (unpaired) electrons. The van der Waals surface area contributed by atoms with Gasteiger partial charge in [0.2, 0.25) is 11.9 Å². The van der Waals surface area contributed by atoms with Crippen molar-refractivity contribution in [2.45, 2.75) is 19.3 Å². The Morgan fingerprint density at radius 3 is 2.85 bits per heavy atom. The molecule has 4 aromatic rings. The minimum atomic E-state index is -0.0921. The van der Waals surface area contributed by atoms with E-state index in [-0.39, 0.29) is 11.8 Å². The van der Waals surface area contributed by atoms with Crippen LogP contribution in [0.4, 0.5) is 5.82 Å². The molecule has 134 valence electrons. The minimum Gasteiger partial charge on any atom is -0.322 e. The summed E-state index contributed by atoms with van der Waals surface area (Å²) in [6.45, 7) is 1.95. The molecule has 2 aromatic carbocycles. The Morgan fingerprint density at radius 1 is 1.19 bits per heavy atom. The number of rotatable bonds is 2. The molecule has 0 fully saturated rings. The first kappa shape index (κ1) is 16.1. The van der Waals surface area contributed by atoms with Gasteiger partial charge in [-0.3, -0.25) is 4.79 Å². The molecule has 6 nitrogen and oxygen atoms in total. The Balaban J connectivity index is 1.69. The van der Waals surface area contributed by atoms with Gasteiger partial charge < -0.3 is 10.3 Å². The molecule has 0 saturated heterocycles. The number of anilines is 1. The van der Waals surface area contributed by atoms with Crippen molar-refractivity contribution in [1.29, 1.82) is 0 Å². The SMILES string of the molecule is Cc1nn(-c2nc3ccccc3[nH]2)c2c1[C@H](c1cccc(Cl)c1)CC(=O)N2. The minimum absolute atomic E-state index is 0.0512. The summed E-state index contributed by atoms with van der Waals surface area (Å²) in [5.41, 5.74) is 4.63. The molecule has 0 unspecified atom stereocenters. The standard InChI is InChI=1S/C20H16ClN5O/c1-11-18-14(12-5-4-6-13(21)9-12)10-17(27)24-19(18)26(25-11)20-22-15-7-2-3-8-16(15)23-20/h2-9,14H,10H2,1H3,(H,22,23)(H,24,27)/t14-/m0/s1. The van der Waals surface area contributed by atoms with Crippen LogP contribution in [0.15, 0.2) is 48.5 Å². The zero-order chi connectivity index (χ0) is 18.5. The van der Waals surface area contributed by atoms with Crippen molar-refractivity contribution in [2.75, 3.05) is 5.32 Å². The highest BCUT2D eigenvalue weighted by atomic mass is 35.5. The van der Waals surface area contributed by atoms with E-state index in [0.29, 0.717) is 23.2 Å². The highest BCUT2D eigenvalue weighted by Crippen LogP contribution is 2.40. The van der Waals surface area contributed by atoms with Gasteiger partial charge in [-0.25, -0.2) is 4.98 Å². The summed E-state index contributed by atoms with van der Waals surface area (Å²) in [4.78, 5) is 20.3. The number of aromatic amines is 1. The number of H-pyrrole nitrogens is 1. The predicted octanol–water partition coefficient (Wildman–Crippen LogP) is 4.18. The number of amides is 1. The van der Waals surface area contributed by atoms with Crippen LogP contribution in [-0.2, 0) is 4.79 Å². The third-order valence-electron chi connectivity index (χ3n) is 4.93. The van der Waals surface area contributed by atoms with Crippen molar-refractivity contribution in [3.05, 3.63) is 70.4 Å². The van der Waals surface area contributed by atoms with Crippen LogP contribution in [-0.4, -0.2) is 25.7 Å². The van der Waals surface area contributed by atoms with Gasteiger partial charge in [0.05, 0.1) is 16.7 Å². The van der Waals surface area contributed by atoms with Gasteiger partial charge >= 0.3 is 0 Å². The Labute approximate surface area is 160 Å². The van der Waals surface area contributed by atoms with E-state index in [1.165, 1.54) is 0 Å². The molecule has 1 amide bonds. The van der Waals surface area contributed by atoms with Gasteiger partial charge in [0.1, 0.15) is 5.82 Å². The number of aromatic nitrogens is 4. The monoisotopic (exact) mass is 377 g/mol. The lowest BCUT2D eigenvalue weighted by Crippen LogP contribution is -2.25. The summed E-state index contributed by atoms with van der Waals surface area (Å²) in [6.07, 6.45) is 0.361. The third kappa shape index (κ3) is 2.61. The van der Waals surface area contributed by atoms with Crippen molar-refractivity contribution in [3.8, 4) is 5.95 Å². The summed E-state index contributed by atoms with van der Waals surface area (Å²) >= 11 is 6.18. The number of benzene rings is 2. The zero-order valence-electron chi connectivity index (χ0n) is 14.5. The van der Waals surface area contributed by atoms with E-state index in [4.69, 9.17) is 11.6 Å². The van der Waals surface area contributed by atoms with Crippen LogP contribution >= 0.6 is 11.6 Å². The number of halogens is 1. The van der Waals surface area contributed by atoms with Gasteiger partial charge in [-0.05, 0) is 36.8 Å². The Hall–Kier alpha value is -3.12. The number of nitrogens with zero attached hydrogens (tertiary/aromatic N) is 3. The number of hydrogen-bond donors (Lipinski definition) is 2. The highest BCUT2D eigenvalue weighted by molar-refractivity contribution is 6.30. The lowest BCUT2D eigenvalue weighted by atomic mass is 9.86. The maximum Gasteiger partial charge on any atom is 0.231 e. The van der Waals surface area contributed by atoms with Crippen LogP contribution in [0.3, 0.4) is 0 Å². The van der Waals surface area contributed by atoms with Crippen LogP contribution in [0.1, 0.15) is 29.2 Å². The lowest BCUT2D eigenvalue weighted by molar-refractivity contribution is -0.116. The molecule has 2 aromatic heterocycles. The molecule has 3 heterocycles. The summed E-state index contributed by atoms with van der Waals surface area (Å²) in [5.74, 6) is 1.09. The van der Waals surface area contributed by atoms with Crippen LogP contribution < -0.4 is 5.32 Å². The second kappa shape index (κ2) is 5.96. The van der Waals surface area contributed by atoms with E-state index in [1.807, 2.05) is 55.5 Å². The molecule has 0 bridgehead atoms. The van der Waals surface area contributed by atoms with E-state index >= 15 is 0 Å². The molecule has 0 saturated carbocycles. The number of hydrogen-bond acceptors (Lipinski definition) is 3. The molecule has 1 atom stereocenters. The average molecular weight is 378 g/mol. The summed E-state index contributed by atoms with van der Waals surface area (Å²) in [5, 5.41) is 8.30. The molecule has 7 heteroatoms. The first-order valence-corrected chi connectivity index (χ1v) is 9.08. The summed E-state index contributed by atoms with van der Waals surface area (Å²) in [7, 11) is 0. The van der Waals surface area contributed by atoms with Gasteiger partial charge in [0, 0.05) is 22.9 Å². The van der Waals surface area contributed by atoms with Crippen LogP contribution in [0.5, 0.6) is 0 Å². The fourth-order valence-corrected chi connectivity index (χ4v) is 3.95. The van der Waals surface area contributed by atoms with Gasteiger partial charge in [-0.1, -0.05) is 35.9 Å². The van der Waals surface area contributed by atoms with E-state index in [9.17, 15) is 4.79 Å². The lowest BCUT2D eigenvalue weighted by Gasteiger charge is -2.24. The topological polar surface area (TPSA) is 75.6 Å². The van der Waals surface area contributed by atoms with E-state index in [1.54, 1.807) is 4.68 Å². The number of fused-ring (bicyclic) bond motifs is 2. The second-order valence-electron chi connectivity index (χ2n) is 6.70. The highest BCUT2D eigenvalue weighted by Gasteiger charge is 2.33. The van der Waals surface area contributed by atoms with Gasteiger partial charge in [0.15, 0.2) is 0 Å². The first-order valence-electron chi connectivity index (χ1n) is 8.70. The first-order chi connectivity index (χ1) is 13.1. The fraction of sp³-hybridized carbons (Fsp3) is 0.150. The van der Waals surface area contributed by atoms with Crippen molar-refractivity contribution < 1.29 is 4.79 Å². The number of para-hydroxylation sites is 2. The summed E-state index contributed by atoms with van der Waals surface area (Å²) in [6, 6.07) is 15.4. The fourth-order valence-electron chi connectivity index (χ4n) is 3.75. The van der Waals surface area contributed by atoms with Gasteiger partial charge in [-0.15, -0.1) is 0 Å². The third-order valence-corrected chi connectivity index (χ3v) is 5.17. The molecule has 2 N–H and O–H groups in total. The number of nitrogens with one attached hydrogen (secondary N) is 2. The Morgan fingerprint density at radius 2 is 2.04 bits per heavy atom. The normalized spacial score (nSPS) is 16.4. The number of carbonyl (C=O) groups is 1. The molecule has 1 aliphatic heterocycles. The van der Waals surface area contributed by atoms with Crippen molar-refractivity contribution in [2.24, 2.45) is 0 Å². The smallest absolute Gasteiger partial charge is 0.231 e. The number of aryl methyl sites for hydroxylation is 1. The van der Waals surface area contributed by atoms with Crippen LogP contribution in [0, 0.1) is 6.92 Å². The second-order valence-corrected chi connectivity index (χ2v) is 7.13. The quantitative estimate of drug-likeness (QED) is 0.550. The molecule has 27 heavy (non-hydrogen) atoms. The number of imidazole rings is 1. The Kier molecular flexibility index (Phi) is 3.55. The Bertz CT molecular complexity index is 1160. The average Bonchev–Trinajstić information content (AvgIpc) is 3.22. The van der Waals surface area contributed by atoms with Crippen molar-refractivity contribution in [3.63, 3.8) is 0 Å². The van der Waals surface area contributed by atoms with Gasteiger partial charge in [-0.2, -0.15) is 9.78 Å². The van der Waals surface area contributed by atoms with E-state index < -0.39 is 0 Å². The molecule has 5 rings (SSSR count). The molecular formula is C20H16ClN5O. The number of carbonyl (C=O) groups excluding carboxylic acids is 1. The maximum atomic E-state index is 12.4. The molecule has 1 aliphatic rings. The molecule has 0 aliphatic carbocycles.